The molecular weight excluding hydrogens is 266 g/mol. The highest BCUT2D eigenvalue weighted by atomic mass is 32.2. The molecule has 5 nitrogen and oxygen atoms in total. The van der Waals surface area contributed by atoms with Gasteiger partial charge in [-0.1, -0.05) is 12.1 Å². The van der Waals surface area contributed by atoms with E-state index in [4.69, 9.17) is 9.84 Å². The summed E-state index contributed by atoms with van der Waals surface area (Å²) in [6.07, 6.45) is 2.23. The van der Waals surface area contributed by atoms with Gasteiger partial charge in [-0.25, -0.2) is 12.7 Å². The first kappa shape index (κ1) is 15.9. The quantitative estimate of drug-likeness (QED) is 0.735. The monoisotopic (exact) mass is 287 g/mol. The first-order chi connectivity index (χ1) is 9.04. The van der Waals surface area contributed by atoms with Gasteiger partial charge in [0.05, 0.1) is 7.11 Å². The van der Waals surface area contributed by atoms with Gasteiger partial charge in [0.2, 0.25) is 10.0 Å². The zero-order valence-corrected chi connectivity index (χ0v) is 12.2. The first-order valence-electron chi connectivity index (χ1n) is 6.24. The van der Waals surface area contributed by atoms with Gasteiger partial charge in [-0.15, -0.1) is 0 Å². The molecule has 0 saturated heterocycles. The van der Waals surface area contributed by atoms with Crippen molar-refractivity contribution in [1.29, 1.82) is 0 Å². The number of methoxy groups -OCH3 is 1. The van der Waals surface area contributed by atoms with Crippen LogP contribution in [-0.2, 0) is 10.0 Å². The lowest BCUT2D eigenvalue weighted by molar-refractivity contribution is 0.281. The van der Waals surface area contributed by atoms with Crippen LogP contribution in [0.1, 0.15) is 19.3 Å². The van der Waals surface area contributed by atoms with E-state index in [-0.39, 0.29) is 11.5 Å². The molecule has 0 saturated carbocycles. The summed E-state index contributed by atoms with van der Waals surface area (Å²) < 4.78 is 31.2. The fourth-order valence-corrected chi connectivity index (χ4v) is 3.10. The highest BCUT2D eigenvalue weighted by molar-refractivity contribution is 7.89. The Labute approximate surface area is 114 Å². The zero-order chi connectivity index (χ0) is 14.3. The molecule has 0 fully saturated rings. The molecule has 0 bridgehead atoms. The third kappa shape index (κ3) is 4.19. The SMILES string of the molecule is COc1ccccc1S(=O)(=O)N(C)CCCCCO. The molecule has 0 atom stereocenters. The minimum absolute atomic E-state index is 0.142. The Kier molecular flexibility index (Phi) is 6.27. The summed E-state index contributed by atoms with van der Waals surface area (Å²) in [5.74, 6) is 0.352. The average molecular weight is 287 g/mol. The number of sulfonamides is 1. The van der Waals surface area contributed by atoms with E-state index < -0.39 is 10.0 Å². The van der Waals surface area contributed by atoms with E-state index in [1.807, 2.05) is 0 Å². The second-order valence-corrected chi connectivity index (χ2v) is 6.28. The largest absolute Gasteiger partial charge is 0.495 e. The maximum absolute atomic E-state index is 12.4. The minimum atomic E-state index is -3.52. The van der Waals surface area contributed by atoms with Crippen LogP contribution in [0.5, 0.6) is 5.75 Å². The number of para-hydroxylation sites is 1. The molecule has 0 heterocycles. The van der Waals surface area contributed by atoms with Crippen molar-refractivity contribution in [1.82, 2.24) is 4.31 Å². The average Bonchev–Trinajstić information content (AvgIpc) is 2.43. The number of ether oxygens (including phenoxy) is 1. The van der Waals surface area contributed by atoms with Crippen LogP contribution < -0.4 is 4.74 Å². The van der Waals surface area contributed by atoms with Crippen molar-refractivity contribution in [2.45, 2.75) is 24.2 Å². The molecule has 6 heteroatoms. The van der Waals surface area contributed by atoms with E-state index in [0.717, 1.165) is 12.8 Å². The molecule has 0 unspecified atom stereocenters. The van der Waals surface area contributed by atoms with Crippen molar-refractivity contribution < 1.29 is 18.3 Å². The number of hydrogen-bond acceptors (Lipinski definition) is 4. The lowest BCUT2D eigenvalue weighted by Crippen LogP contribution is -2.28. The van der Waals surface area contributed by atoms with Gasteiger partial charge in [0.1, 0.15) is 10.6 Å². The second kappa shape index (κ2) is 7.47. The summed E-state index contributed by atoms with van der Waals surface area (Å²) in [4.78, 5) is 0.183. The van der Waals surface area contributed by atoms with Gasteiger partial charge < -0.3 is 9.84 Å². The van der Waals surface area contributed by atoms with Gasteiger partial charge in [-0.2, -0.15) is 0 Å². The Morgan fingerprint density at radius 1 is 1.21 bits per heavy atom. The molecule has 0 aromatic heterocycles. The number of aliphatic hydroxyl groups excluding tert-OH is 1. The zero-order valence-electron chi connectivity index (χ0n) is 11.4. The van der Waals surface area contributed by atoms with Crippen molar-refractivity contribution in [2.75, 3.05) is 27.3 Å². The van der Waals surface area contributed by atoms with E-state index in [2.05, 4.69) is 0 Å². The molecule has 1 N–H and O–H groups in total. The topological polar surface area (TPSA) is 66.8 Å². The number of hydrogen-bond donors (Lipinski definition) is 1. The summed E-state index contributed by atoms with van der Waals surface area (Å²) in [5, 5.41) is 8.69. The standard InChI is InChI=1S/C13H21NO4S/c1-14(10-6-3-7-11-15)19(16,17)13-9-5-4-8-12(13)18-2/h4-5,8-9,15H,3,6-7,10-11H2,1-2H3. The van der Waals surface area contributed by atoms with E-state index in [1.54, 1.807) is 31.3 Å². The molecule has 0 amide bonds. The summed E-state index contributed by atoms with van der Waals surface area (Å²) in [7, 11) is -0.513. The maximum atomic E-state index is 12.4. The van der Waals surface area contributed by atoms with Crippen LogP contribution in [-0.4, -0.2) is 45.1 Å². The predicted octanol–water partition coefficient (Wildman–Crippen LogP) is 1.48. The molecule has 0 aliphatic rings. The first-order valence-corrected chi connectivity index (χ1v) is 7.68. The van der Waals surface area contributed by atoms with E-state index in [9.17, 15) is 8.42 Å². The van der Waals surface area contributed by atoms with Gasteiger partial charge >= 0.3 is 0 Å². The molecule has 1 aromatic rings. The number of benzene rings is 1. The number of aliphatic hydroxyl groups is 1. The van der Waals surface area contributed by atoms with Crippen LogP contribution in [0, 0.1) is 0 Å². The van der Waals surface area contributed by atoms with E-state index in [1.165, 1.54) is 11.4 Å². The Bertz CT molecular complexity index is 487. The molecule has 108 valence electrons. The molecule has 0 aliphatic carbocycles. The van der Waals surface area contributed by atoms with Crippen LogP contribution in [0.2, 0.25) is 0 Å². The minimum Gasteiger partial charge on any atom is -0.495 e. The van der Waals surface area contributed by atoms with E-state index >= 15 is 0 Å². The maximum Gasteiger partial charge on any atom is 0.246 e. The fraction of sp³-hybridized carbons (Fsp3) is 0.538. The molecule has 1 rings (SSSR count). The lowest BCUT2D eigenvalue weighted by Gasteiger charge is -2.18. The summed E-state index contributed by atoms with van der Waals surface area (Å²) >= 11 is 0. The summed E-state index contributed by atoms with van der Waals surface area (Å²) in [6.45, 7) is 0.573. The Hall–Kier alpha value is -1.11. The van der Waals surface area contributed by atoms with E-state index in [0.29, 0.717) is 18.7 Å². The van der Waals surface area contributed by atoms with Crippen LogP contribution in [0.3, 0.4) is 0 Å². The highest BCUT2D eigenvalue weighted by Crippen LogP contribution is 2.25. The number of nitrogens with zero attached hydrogens (tertiary/aromatic N) is 1. The Morgan fingerprint density at radius 3 is 2.53 bits per heavy atom. The van der Waals surface area contributed by atoms with Gasteiger partial charge in [-0.05, 0) is 31.4 Å². The van der Waals surface area contributed by atoms with Crippen molar-refractivity contribution in [3.63, 3.8) is 0 Å². The van der Waals surface area contributed by atoms with Gasteiger partial charge in [-0.3, -0.25) is 0 Å². The van der Waals surface area contributed by atoms with Crippen molar-refractivity contribution >= 4 is 10.0 Å². The fourth-order valence-electron chi connectivity index (χ4n) is 1.74. The van der Waals surface area contributed by atoms with Crippen LogP contribution in [0.15, 0.2) is 29.2 Å². The van der Waals surface area contributed by atoms with Crippen LogP contribution in [0.4, 0.5) is 0 Å². The smallest absolute Gasteiger partial charge is 0.246 e. The van der Waals surface area contributed by atoms with Crippen LogP contribution in [0.25, 0.3) is 0 Å². The lowest BCUT2D eigenvalue weighted by atomic mass is 10.2. The molecule has 19 heavy (non-hydrogen) atoms. The van der Waals surface area contributed by atoms with Crippen molar-refractivity contribution in [2.24, 2.45) is 0 Å². The van der Waals surface area contributed by atoms with Gasteiger partial charge in [0, 0.05) is 20.2 Å². The van der Waals surface area contributed by atoms with Crippen molar-refractivity contribution in [3.05, 3.63) is 24.3 Å². The van der Waals surface area contributed by atoms with Crippen molar-refractivity contribution in [3.8, 4) is 5.75 Å². The third-order valence-corrected chi connectivity index (χ3v) is 4.78. The molecule has 0 radical (unpaired) electrons. The Balaban J connectivity index is 2.79. The Morgan fingerprint density at radius 2 is 1.89 bits per heavy atom. The summed E-state index contributed by atoms with van der Waals surface area (Å²) in [5.41, 5.74) is 0. The van der Waals surface area contributed by atoms with Gasteiger partial charge in [0.25, 0.3) is 0 Å². The molecular formula is C13H21NO4S. The second-order valence-electron chi connectivity index (χ2n) is 4.26. The number of rotatable bonds is 8. The predicted molar refractivity (Wildman–Crippen MR) is 73.7 cm³/mol. The molecule has 0 aliphatic heterocycles. The normalized spacial score (nSPS) is 11.8. The third-order valence-electron chi connectivity index (χ3n) is 2.89. The summed E-state index contributed by atoms with van der Waals surface area (Å²) in [6, 6.07) is 6.58. The van der Waals surface area contributed by atoms with Crippen LogP contribution >= 0.6 is 0 Å². The number of unbranched alkanes of at least 4 members (excludes halogenated alkanes) is 2. The van der Waals surface area contributed by atoms with Gasteiger partial charge in [0.15, 0.2) is 0 Å². The molecule has 1 aromatic carbocycles. The molecule has 0 spiro atoms. The highest BCUT2D eigenvalue weighted by Gasteiger charge is 2.23.